The Kier molecular flexibility index (Phi) is 5.93. The Balaban J connectivity index is 1.77. The van der Waals surface area contributed by atoms with E-state index in [4.69, 9.17) is 0 Å². The molecule has 4 aromatic rings. The number of hydrogen-bond acceptors (Lipinski definition) is 0. The van der Waals surface area contributed by atoms with Gasteiger partial charge < -0.3 is 0 Å². The summed E-state index contributed by atoms with van der Waals surface area (Å²) in [5.41, 5.74) is 6.70. The smallest absolute Gasteiger partial charge is 0.187 e. The molecule has 0 aromatic heterocycles. The SMILES string of the molecule is [C-](=[N+]=Cc1ccccc1C=C(c1ccccc1)c1ccccc1)c1ccccc1. The van der Waals surface area contributed by atoms with Gasteiger partial charge in [-0.3, -0.25) is 0 Å². The van der Waals surface area contributed by atoms with Crippen molar-refractivity contribution >= 4 is 24.1 Å². The summed E-state index contributed by atoms with van der Waals surface area (Å²) in [7, 11) is 0. The van der Waals surface area contributed by atoms with Crippen LogP contribution in [0.4, 0.5) is 0 Å². The Morgan fingerprint density at radius 2 is 1.03 bits per heavy atom. The monoisotopic (exact) mass is 371 g/mol. The third kappa shape index (κ3) is 4.87. The van der Waals surface area contributed by atoms with Gasteiger partial charge in [-0.2, -0.15) is 4.67 Å². The lowest BCUT2D eigenvalue weighted by atomic mass is 9.94. The van der Waals surface area contributed by atoms with E-state index in [-0.39, 0.29) is 0 Å². The summed E-state index contributed by atoms with van der Waals surface area (Å²) in [6.45, 7) is 0. The van der Waals surface area contributed by atoms with E-state index in [0.717, 1.165) is 16.7 Å². The van der Waals surface area contributed by atoms with Crippen LogP contribution in [0.15, 0.2) is 115 Å². The van der Waals surface area contributed by atoms with Gasteiger partial charge in [0.05, 0.1) is 0 Å². The average Bonchev–Trinajstić information content (AvgIpc) is 2.80. The van der Waals surface area contributed by atoms with Gasteiger partial charge in [-0.25, -0.2) is 0 Å². The van der Waals surface area contributed by atoms with Gasteiger partial charge in [0.25, 0.3) is 6.21 Å². The van der Waals surface area contributed by atoms with Crippen LogP contribution in [0.5, 0.6) is 0 Å². The Hall–Kier alpha value is -3.93. The van der Waals surface area contributed by atoms with Crippen molar-refractivity contribution in [3.63, 3.8) is 0 Å². The van der Waals surface area contributed by atoms with Crippen LogP contribution in [-0.4, -0.2) is 12.4 Å². The molecule has 1 heteroatoms. The zero-order valence-electron chi connectivity index (χ0n) is 16.1. The molecule has 0 aliphatic carbocycles. The first-order valence-corrected chi connectivity index (χ1v) is 9.66. The second kappa shape index (κ2) is 9.32. The van der Waals surface area contributed by atoms with E-state index in [0.29, 0.717) is 0 Å². The van der Waals surface area contributed by atoms with Crippen LogP contribution in [0.3, 0.4) is 0 Å². The molecule has 0 amide bonds. The van der Waals surface area contributed by atoms with Gasteiger partial charge in [0, 0.05) is 5.56 Å². The van der Waals surface area contributed by atoms with E-state index in [1.807, 2.05) is 54.7 Å². The normalized spacial score (nSPS) is 9.93. The Labute approximate surface area is 172 Å². The molecule has 0 unspecified atom stereocenters. The minimum atomic E-state index is 0.964. The molecule has 0 radical (unpaired) electrons. The fourth-order valence-corrected chi connectivity index (χ4v) is 3.17. The summed E-state index contributed by atoms with van der Waals surface area (Å²) >= 11 is 0. The summed E-state index contributed by atoms with van der Waals surface area (Å²) in [5.74, 6) is 0. The summed E-state index contributed by atoms with van der Waals surface area (Å²) in [6, 6.07) is 39.2. The third-order valence-corrected chi connectivity index (χ3v) is 4.64. The van der Waals surface area contributed by atoms with Gasteiger partial charge in [0.1, 0.15) is 0 Å². The van der Waals surface area contributed by atoms with Gasteiger partial charge in [-0.1, -0.05) is 96.6 Å². The predicted molar refractivity (Wildman–Crippen MR) is 124 cm³/mol. The van der Waals surface area contributed by atoms with Gasteiger partial charge in [0.2, 0.25) is 6.21 Å². The van der Waals surface area contributed by atoms with Crippen LogP contribution >= 0.6 is 0 Å². The minimum absolute atomic E-state index is 0.964. The van der Waals surface area contributed by atoms with Crippen molar-refractivity contribution in [1.29, 1.82) is 0 Å². The number of nitrogens with zero attached hydrogens (tertiary/aromatic N) is 1. The van der Waals surface area contributed by atoms with Crippen LogP contribution in [0.1, 0.15) is 27.8 Å². The molecule has 0 spiro atoms. The molecule has 0 N–H and O–H groups in total. The van der Waals surface area contributed by atoms with Crippen LogP contribution in [0.2, 0.25) is 0 Å². The van der Waals surface area contributed by atoms with Crippen molar-refractivity contribution in [2.45, 2.75) is 0 Å². The Morgan fingerprint density at radius 3 is 1.62 bits per heavy atom. The molecule has 4 aromatic carbocycles. The molecule has 0 saturated heterocycles. The lowest BCUT2D eigenvalue weighted by Gasteiger charge is -2.09. The highest BCUT2D eigenvalue weighted by atomic mass is 14.5. The molecule has 138 valence electrons. The van der Waals surface area contributed by atoms with Gasteiger partial charge in [-0.05, 0) is 28.3 Å². The first-order valence-electron chi connectivity index (χ1n) is 9.66. The van der Waals surface area contributed by atoms with Crippen LogP contribution in [0.25, 0.3) is 11.6 Å². The van der Waals surface area contributed by atoms with E-state index in [9.17, 15) is 0 Å². The van der Waals surface area contributed by atoms with Gasteiger partial charge in [-0.15, -0.1) is 24.3 Å². The molecular formula is C28H21N. The number of benzene rings is 4. The average molecular weight is 371 g/mol. The lowest BCUT2D eigenvalue weighted by molar-refractivity contribution is 1.54. The van der Waals surface area contributed by atoms with E-state index in [1.165, 1.54) is 16.7 Å². The van der Waals surface area contributed by atoms with Crippen molar-refractivity contribution in [3.8, 4) is 0 Å². The van der Waals surface area contributed by atoms with Crippen molar-refractivity contribution < 1.29 is 0 Å². The van der Waals surface area contributed by atoms with Crippen molar-refractivity contribution in [3.05, 3.63) is 143 Å². The van der Waals surface area contributed by atoms with E-state index in [2.05, 4.69) is 83.7 Å². The molecule has 0 fully saturated rings. The van der Waals surface area contributed by atoms with Gasteiger partial charge in [0.15, 0.2) is 0 Å². The van der Waals surface area contributed by atoms with Crippen LogP contribution in [0, 0.1) is 0 Å². The standard InChI is InChI=1S/C28H21N/c1-4-12-23(13-5-1)21-29-22-27-19-11-10-18-26(27)20-28(24-14-6-2-7-15-24)25-16-8-3-9-17-25/h1-20,22H. The molecule has 1 nitrogen and oxygen atoms in total. The van der Waals surface area contributed by atoms with Crippen molar-refractivity contribution in [2.75, 3.05) is 0 Å². The largest absolute Gasteiger partial charge is 0.290 e. The molecular weight excluding hydrogens is 350 g/mol. The molecule has 0 bridgehead atoms. The fourth-order valence-electron chi connectivity index (χ4n) is 3.17. The van der Waals surface area contributed by atoms with Crippen LogP contribution in [-0.2, 0) is 0 Å². The van der Waals surface area contributed by atoms with E-state index < -0.39 is 0 Å². The third-order valence-electron chi connectivity index (χ3n) is 4.64. The first kappa shape index (κ1) is 18.4. The topological polar surface area (TPSA) is 14.1 Å². The first-order chi connectivity index (χ1) is 14.4. The highest BCUT2D eigenvalue weighted by Gasteiger charge is 2.06. The summed E-state index contributed by atoms with van der Waals surface area (Å²) in [6.07, 6.45) is 7.18. The minimum Gasteiger partial charge on any atom is -0.187 e. The summed E-state index contributed by atoms with van der Waals surface area (Å²) in [4.78, 5) is 0. The number of hydrogen-bond donors (Lipinski definition) is 0. The summed E-state index contributed by atoms with van der Waals surface area (Å²) in [5, 5.41) is 0. The number of rotatable bonds is 5. The Bertz CT molecular complexity index is 1110. The highest BCUT2D eigenvalue weighted by Crippen LogP contribution is 2.26. The van der Waals surface area contributed by atoms with E-state index in [1.54, 1.807) is 0 Å². The maximum absolute atomic E-state index is 4.42. The van der Waals surface area contributed by atoms with Crippen molar-refractivity contribution in [2.24, 2.45) is 0 Å². The molecule has 0 saturated carbocycles. The molecule has 29 heavy (non-hydrogen) atoms. The Morgan fingerprint density at radius 1 is 0.552 bits per heavy atom. The fraction of sp³-hybridized carbons (Fsp3) is 0. The zero-order valence-corrected chi connectivity index (χ0v) is 16.1. The van der Waals surface area contributed by atoms with Crippen molar-refractivity contribution in [1.82, 2.24) is 4.67 Å². The highest BCUT2D eigenvalue weighted by molar-refractivity contribution is 5.96. The lowest BCUT2D eigenvalue weighted by Crippen LogP contribution is -1.93. The quantitative estimate of drug-likeness (QED) is 0.183. The molecule has 0 aliphatic rings. The van der Waals surface area contributed by atoms with Gasteiger partial charge >= 0.3 is 0 Å². The maximum Gasteiger partial charge on any atom is 0.290 e. The molecule has 0 heterocycles. The summed E-state index contributed by atoms with van der Waals surface area (Å²) < 4.78 is 4.42. The maximum atomic E-state index is 4.42. The zero-order chi connectivity index (χ0) is 19.7. The molecule has 0 atom stereocenters. The second-order valence-corrected chi connectivity index (χ2v) is 6.66. The molecule has 0 aliphatic heterocycles. The van der Waals surface area contributed by atoms with Crippen LogP contribution < -0.4 is 4.67 Å². The second-order valence-electron chi connectivity index (χ2n) is 6.66. The predicted octanol–water partition coefficient (Wildman–Crippen LogP) is 5.76. The molecule has 4 rings (SSSR count). The van der Waals surface area contributed by atoms with E-state index >= 15 is 0 Å².